The molecule has 1 aromatic rings. The molecule has 1 aromatic carbocycles. The molecule has 3 rings (SSSR count). The summed E-state index contributed by atoms with van der Waals surface area (Å²) < 4.78 is 5.14. The molecule has 2 fully saturated rings. The van der Waals surface area contributed by atoms with Crippen molar-refractivity contribution in [3.8, 4) is 5.75 Å². The zero-order valence-corrected chi connectivity index (χ0v) is 11.3. The molecule has 1 saturated carbocycles. The maximum absolute atomic E-state index is 12.0. The number of likely N-dealkylation sites (tertiary alicyclic amines) is 1. The molecule has 0 bridgehead atoms. The molecule has 1 aliphatic carbocycles. The van der Waals surface area contributed by atoms with E-state index in [0.29, 0.717) is 25.0 Å². The largest absolute Gasteiger partial charge is 0.497 e. The van der Waals surface area contributed by atoms with Crippen molar-refractivity contribution in [2.24, 2.45) is 0 Å². The first-order valence-corrected chi connectivity index (χ1v) is 6.91. The van der Waals surface area contributed by atoms with Gasteiger partial charge in [-0.1, -0.05) is 12.1 Å². The lowest BCUT2D eigenvalue weighted by molar-refractivity contribution is -0.128. The van der Waals surface area contributed by atoms with Crippen LogP contribution in [0, 0.1) is 0 Å². The Hall–Kier alpha value is -1.55. The second-order valence-corrected chi connectivity index (χ2v) is 5.46. The van der Waals surface area contributed by atoms with Gasteiger partial charge >= 0.3 is 0 Å². The Labute approximate surface area is 113 Å². The number of rotatable bonds is 5. The van der Waals surface area contributed by atoms with Crippen LogP contribution >= 0.6 is 0 Å². The molecule has 2 aliphatic rings. The van der Waals surface area contributed by atoms with E-state index in [9.17, 15) is 4.79 Å². The van der Waals surface area contributed by atoms with E-state index in [1.165, 1.54) is 12.8 Å². The Morgan fingerprint density at radius 2 is 2.00 bits per heavy atom. The van der Waals surface area contributed by atoms with Gasteiger partial charge in [-0.15, -0.1) is 0 Å². The lowest BCUT2D eigenvalue weighted by Gasteiger charge is -2.17. The molecule has 1 aliphatic heterocycles. The summed E-state index contributed by atoms with van der Waals surface area (Å²) in [5.74, 6) is 1.11. The van der Waals surface area contributed by atoms with E-state index in [2.05, 4.69) is 5.32 Å². The molecule has 1 saturated heterocycles. The first-order chi connectivity index (χ1) is 9.24. The lowest BCUT2D eigenvalue weighted by Crippen LogP contribution is -2.33. The maximum Gasteiger partial charge on any atom is 0.224 e. The fourth-order valence-electron chi connectivity index (χ4n) is 2.57. The fourth-order valence-corrected chi connectivity index (χ4v) is 2.57. The molecule has 1 N–H and O–H groups in total. The minimum atomic E-state index is 0.258. The van der Waals surface area contributed by atoms with Crippen molar-refractivity contribution in [3.05, 3.63) is 29.8 Å². The summed E-state index contributed by atoms with van der Waals surface area (Å²) in [4.78, 5) is 13.9. The van der Waals surface area contributed by atoms with Crippen LogP contribution in [0.4, 0.5) is 0 Å². The molecular formula is C15H20N2O2. The number of benzene rings is 1. The number of carbonyl (C=O) groups excluding carboxylic acids is 1. The van der Waals surface area contributed by atoms with Crippen molar-refractivity contribution in [1.82, 2.24) is 10.2 Å². The molecule has 1 heterocycles. The molecule has 19 heavy (non-hydrogen) atoms. The Morgan fingerprint density at radius 3 is 2.63 bits per heavy atom. The number of amides is 1. The summed E-state index contributed by atoms with van der Waals surface area (Å²) >= 11 is 0. The zero-order chi connectivity index (χ0) is 13.2. The average molecular weight is 260 g/mol. The van der Waals surface area contributed by atoms with Crippen LogP contribution < -0.4 is 10.1 Å². The van der Waals surface area contributed by atoms with Crippen LogP contribution in [0.15, 0.2) is 24.3 Å². The van der Waals surface area contributed by atoms with Gasteiger partial charge in [-0.3, -0.25) is 4.79 Å². The smallest absolute Gasteiger partial charge is 0.224 e. The Balaban J connectivity index is 1.57. The van der Waals surface area contributed by atoms with E-state index >= 15 is 0 Å². The van der Waals surface area contributed by atoms with E-state index < -0.39 is 0 Å². The molecule has 1 amide bonds. The van der Waals surface area contributed by atoms with Crippen LogP contribution in [0.5, 0.6) is 5.75 Å². The topological polar surface area (TPSA) is 41.6 Å². The number of ether oxygens (including phenoxy) is 1. The van der Waals surface area contributed by atoms with Crippen LogP contribution in [0.3, 0.4) is 0 Å². The molecule has 1 atom stereocenters. The minimum absolute atomic E-state index is 0.258. The molecule has 102 valence electrons. The number of hydrogen-bond acceptors (Lipinski definition) is 3. The summed E-state index contributed by atoms with van der Waals surface area (Å²) in [6, 6.07) is 8.93. The highest BCUT2D eigenvalue weighted by Crippen LogP contribution is 2.23. The SMILES string of the molecule is COc1ccc(CN2CC(NC3CC3)CC2=O)cc1. The maximum atomic E-state index is 12.0. The van der Waals surface area contributed by atoms with Crippen molar-refractivity contribution < 1.29 is 9.53 Å². The van der Waals surface area contributed by atoms with Crippen LogP contribution in [0.1, 0.15) is 24.8 Å². The molecular weight excluding hydrogens is 240 g/mol. The summed E-state index contributed by atoms with van der Waals surface area (Å²) in [6.45, 7) is 1.53. The van der Waals surface area contributed by atoms with Crippen LogP contribution in [-0.4, -0.2) is 36.5 Å². The van der Waals surface area contributed by atoms with E-state index in [-0.39, 0.29) is 5.91 Å². The third kappa shape index (κ3) is 3.07. The van der Waals surface area contributed by atoms with Crippen molar-refractivity contribution in [1.29, 1.82) is 0 Å². The van der Waals surface area contributed by atoms with Gasteiger partial charge in [0.15, 0.2) is 0 Å². The number of methoxy groups -OCH3 is 1. The number of hydrogen-bond donors (Lipinski definition) is 1. The molecule has 1 unspecified atom stereocenters. The summed E-state index contributed by atoms with van der Waals surface area (Å²) in [5.41, 5.74) is 1.15. The highest BCUT2D eigenvalue weighted by molar-refractivity contribution is 5.79. The van der Waals surface area contributed by atoms with Gasteiger partial charge in [0.05, 0.1) is 7.11 Å². The van der Waals surface area contributed by atoms with Gasteiger partial charge in [-0.25, -0.2) is 0 Å². The number of carbonyl (C=O) groups is 1. The predicted molar refractivity (Wildman–Crippen MR) is 73.0 cm³/mol. The monoisotopic (exact) mass is 260 g/mol. The second kappa shape index (κ2) is 5.21. The van der Waals surface area contributed by atoms with Crippen molar-refractivity contribution in [3.63, 3.8) is 0 Å². The predicted octanol–water partition coefficient (Wildman–Crippen LogP) is 1.55. The van der Waals surface area contributed by atoms with E-state index in [4.69, 9.17) is 4.74 Å². The van der Waals surface area contributed by atoms with Crippen LogP contribution in [-0.2, 0) is 11.3 Å². The normalized spacial score (nSPS) is 22.9. The van der Waals surface area contributed by atoms with Gasteiger partial charge in [0, 0.05) is 31.6 Å². The van der Waals surface area contributed by atoms with Gasteiger partial charge in [-0.2, -0.15) is 0 Å². The van der Waals surface area contributed by atoms with Crippen molar-refractivity contribution in [2.45, 2.75) is 37.9 Å². The molecule has 4 nitrogen and oxygen atoms in total. The van der Waals surface area contributed by atoms with E-state index in [0.717, 1.165) is 17.9 Å². The molecule has 4 heteroatoms. The van der Waals surface area contributed by atoms with Gasteiger partial charge in [0.1, 0.15) is 5.75 Å². The molecule has 0 aromatic heterocycles. The highest BCUT2D eigenvalue weighted by Gasteiger charge is 2.33. The third-order valence-electron chi connectivity index (χ3n) is 3.80. The summed E-state index contributed by atoms with van der Waals surface area (Å²) in [7, 11) is 1.66. The molecule has 0 spiro atoms. The quantitative estimate of drug-likeness (QED) is 0.873. The Morgan fingerprint density at radius 1 is 1.26 bits per heavy atom. The standard InChI is InChI=1S/C15H20N2O2/c1-19-14-6-2-11(3-7-14)9-17-10-13(8-15(17)18)16-12-4-5-12/h2-3,6-7,12-13,16H,4-5,8-10H2,1H3. The number of nitrogens with one attached hydrogen (secondary N) is 1. The zero-order valence-electron chi connectivity index (χ0n) is 11.3. The van der Waals surface area contributed by atoms with E-state index in [1.807, 2.05) is 29.2 Å². The Kier molecular flexibility index (Phi) is 3.42. The highest BCUT2D eigenvalue weighted by atomic mass is 16.5. The number of nitrogens with zero attached hydrogens (tertiary/aromatic N) is 1. The lowest BCUT2D eigenvalue weighted by atomic mass is 10.2. The first kappa shape index (κ1) is 12.5. The van der Waals surface area contributed by atoms with Crippen molar-refractivity contribution in [2.75, 3.05) is 13.7 Å². The summed E-state index contributed by atoms with van der Waals surface area (Å²) in [5, 5.41) is 3.53. The van der Waals surface area contributed by atoms with Gasteiger partial charge in [0.2, 0.25) is 5.91 Å². The van der Waals surface area contributed by atoms with Gasteiger partial charge in [-0.05, 0) is 30.5 Å². The first-order valence-electron chi connectivity index (χ1n) is 6.91. The van der Waals surface area contributed by atoms with Crippen LogP contribution in [0.2, 0.25) is 0 Å². The molecule has 0 radical (unpaired) electrons. The second-order valence-electron chi connectivity index (χ2n) is 5.46. The van der Waals surface area contributed by atoms with Gasteiger partial charge < -0.3 is 15.0 Å². The Bertz CT molecular complexity index is 454. The average Bonchev–Trinajstić information content (AvgIpc) is 3.16. The third-order valence-corrected chi connectivity index (χ3v) is 3.80. The minimum Gasteiger partial charge on any atom is -0.497 e. The van der Waals surface area contributed by atoms with Gasteiger partial charge in [0.25, 0.3) is 0 Å². The fraction of sp³-hybridized carbons (Fsp3) is 0.533. The van der Waals surface area contributed by atoms with Crippen LogP contribution in [0.25, 0.3) is 0 Å². The van der Waals surface area contributed by atoms with E-state index in [1.54, 1.807) is 7.11 Å². The summed E-state index contributed by atoms with van der Waals surface area (Å²) in [6.07, 6.45) is 3.18. The van der Waals surface area contributed by atoms with Crippen molar-refractivity contribution >= 4 is 5.91 Å².